The van der Waals surface area contributed by atoms with Gasteiger partial charge in [0.05, 0.1) is 6.61 Å². The predicted molar refractivity (Wildman–Crippen MR) is 71.2 cm³/mol. The summed E-state index contributed by atoms with van der Waals surface area (Å²) in [4.78, 5) is 0. The molecule has 19 heavy (non-hydrogen) atoms. The minimum absolute atomic E-state index is 0. The van der Waals surface area contributed by atoms with Gasteiger partial charge in [-0.2, -0.15) is 0 Å². The molecule has 0 aromatic carbocycles. The Kier molecular flexibility index (Phi) is 24.6. The minimum atomic E-state index is -4.47. The Hall–Kier alpha value is 0.830. The molecule has 0 spiro atoms. The Bertz CT molecular complexity index is 243. The van der Waals surface area contributed by atoms with Gasteiger partial charge in [0.1, 0.15) is 0 Å². The molecule has 0 aliphatic heterocycles. The molecule has 0 radical (unpaired) electrons. The van der Waals surface area contributed by atoms with Crippen molar-refractivity contribution in [3.05, 3.63) is 0 Å². The fourth-order valence-electron chi connectivity index (χ4n) is 1.25. The van der Waals surface area contributed by atoms with Gasteiger partial charge in [0.25, 0.3) is 0 Å². The Balaban J connectivity index is -0.000000366. The van der Waals surface area contributed by atoms with Crippen molar-refractivity contribution < 1.29 is 51.4 Å². The Morgan fingerprint density at radius 2 is 1.37 bits per heavy atom. The van der Waals surface area contributed by atoms with Crippen LogP contribution in [0.4, 0.5) is 0 Å². The van der Waals surface area contributed by atoms with E-state index in [9.17, 15) is 13.0 Å². The molecule has 0 fully saturated rings. The number of hydrogen-bond donors (Lipinski definition) is 0. The van der Waals surface area contributed by atoms with Gasteiger partial charge in [-0.25, -0.2) is 8.42 Å². The molecule has 0 saturated heterocycles. The summed E-state index contributed by atoms with van der Waals surface area (Å²) >= 11 is 0. The summed E-state index contributed by atoms with van der Waals surface area (Å²) in [6.07, 6.45) is 6.21. The zero-order valence-electron chi connectivity index (χ0n) is 12.8. The third kappa shape index (κ3) is 32.4. The van der Waals surface area contributed by atoms with Crippen molar-refractivity contribution in [1.29, 1.82) is 0 Å². The Morgan fingerprint density at radius 3 is 1.74 bits per heavy atom. The van der Waals surface area contributed by atoms with Gasteiger partial charge in [0.15, 0.2) is 0 Å². The van der Waals surface area contributed by atoms with Crippen molar-refractivity contribution >= 4 is 10.4 Å². The van der Waals surface area contributed by atoms with Crippen molar-refractivity contribution in [2.75, 3.05) is 19.8 Å². The normalized spacial score (nSPS) is 10.3. The van der Waals surface area contributed by atoms with E-state index in [1.165, 1.54) is 19.3 Å². The summed E-state index contributed by atoms with van der Waals surface area (Å²) in [6, 6.07) is 0. The van der Waals surface area contributed by atoms with Crippen LogP contribution in [0.25, 0.3) is 0 Å². The quantitative estimate of drug-likeness (QED) is 0.243. The summed E-state index contributed by atoms with van der Waals surface area (Å²) < 4.78 is 38.9. The van der Waals surface area contributed by atoms with Crippen LogP contribution < -0.4 is 29.6 Å². The van der Waals surface area contributed by atoms with E-state index in [0.717, 1.165) is 26.1 Å². The fraction of sp³-hybridized carbons (Fsp3) is 1.00. The zero-order chi connectivity index (χ0) is 14.3. The molecule has 0 aliphatic rings. The van der Waals surface area contributed by atoms with Crippen LogP contribution in [0.15, 0.2) is 0 Å². The fourth-order valence-corrected chi connectivity index (χ4v) is 1.57. The first-order valence-electron chi connectivity index (χ1n) is 6.65. The van der Waals surface area contributed by atoms with E-state index >= 15 is 0 Å². The molecule has 0 heterocycles. The summed E-state index contributed by atoms with van der Waals surface area (Å²) in [5, 5.41) is 0. The Labute approximate surface area is 140 Å². The first kappa shape index (κ1) is 24.8. The molecular formula is C12H27NaO5S. The molecule has 0 bridgehead atoms. The minimum Gasteiger partial charge on any atom is -0.726 e. The second-order valence-corrected chi connectivity index (χ2v) is 4.83. The van der Waals surface area contributed by atoms with E-state index in [0.29, 0.717) is 6.42 Å². The molecule has 0 saturated carbocycles. The van der Waals surface area contributed by atoms with Gasteiger partial charge in [0.2, 0.25) is 10.4 Å². The summed E-state index contributed by atoms with van der Waals surface area (Å²) in [5.41, 5.74) is 0. The summed E-state index contributed by atoms with van der Waals surface area (Å²) in [7, 11) is -4.47. The first-order chi connectivity index (χ1) is 8.47. The van der Waals surface area contributed by atoms with E-state index in [-0.39, 0.29) is 36.2 Å². The van der Waals surface area contributed by atoms with Gasteiger partial charge < -0.3 is 9.29 Å². The number of unbranched alkanes of at least 4 members (excludes halogenated alkanes) is 5. The van der Waals surface area contributed by atoms with E-state index in [1.54, 1.807) is 0 Å². The summed E-state index contributed by atoms with van der Waals surface area (Å²) in [6.45, 7) is 7.82. The van der Waals surface area contributed by atoms with Gasteiger partial charge >= 0.3 is 29.6 Å². The van der Waals surface area contributed by atoms with Crippen molar-refractivity contribution in [3.8, 4) is 0 Å². The van der Waals surface area contributed by atoms with E-state index < -0.39 is 10.4 Å². The molecule has 0 rings (SSSR count). The molecule has 0 aliphatic carbocycles. The predicted octanol–water partition coefficient (Wildman–Crippen LogP) is -0.129. The smallest absolute Gasteiger partial charge is 0.726 e. The third-order valence-corrected chi connectivity index (χ3v) is 2.59. The second-order valence-electron chi connectivity index (χ2n) is 3.78. The van der Waals surface area contributed by atoms with E-state index in [2.05, 4.69) is 11.1 Å². The van der Waals surface area contributed by atoms with Crippen molar-refractivity contribution in [2.45, 2.75) is 59.3 Å². The van der Waals surface area contributed by atoms with Crippen LogP contribution in [0, 0.1) is 0 Å². The number of hydrogen-bond acceptors (Lipinski definition) is 5. The van der Waals surface area contributed by atoms with Crippen LogP contribution in [0.5, 0.6) is 0 Å². The molecule has 112 valence electrons. The molecule has 0 amide bonds. The standard InChI is InChI=1S/C8H18O4S.C4H10O.Na/c1-2-3-4-5-6-7-8-12-13(9,10)11;1-3-5-4-2;/h2-8H2,1H3,(H,9,10,11);3-4H2,1-2H3;/q;;+1/p-1. The molecular weight excluding hydrogens is 279 g/mol. The van der Waals surface area contributed by atoms with Crippen LogP contribution in [0.3, 0.4) is 0 Å². The van der Waals surface area contributed by atoms with Gasteiger partial charge in [-0.3, -0.25) is 4.18 Å². The van der Waals surface area contributed by atoms with Crippen molar-refractivity contribution in [3.63, 3.8) is 0 Å². The first-order valence-corrected chi connectivity index (χ1v) is 7.99. The third-order valence-electron chi connectivity index (χ3n) is 2.13. The number of ether oxygens (including phenoxy) is 1. The summed E-state index contributed by atoms with van der Waals surface area (Å²) in [5.74, 6) is 0. The molecule has 7 heteroatoms. The van der Waals surface area contributed by atoms with Crippen molar-refractivity contribution in [2.24, 2.45) is 0 Å². The maximum atomic E-state index is 9.99. The molecule has 0 N–H and O–H groups in total. The van der Waals surface area contributed by atoms with Gasteiger partial charge in [0, 0.05) is 13.2 Å². The topological polar surface area (TPSA) is 75.7 Å². The average molecular weight is 306 g/mol. The molecule has 5 nitrogen and oxygen atoms in total. The van der Waals surface area contributed by atoms with E-state index in [4.69, 9.17) is 4.74 Å². The van der Waals surface area contributed by atoms with Crippen LogP contribution in [0.1, 0.15) is 59.3 Å². The monoisotopic (exact) mass is 306 g/mol. The van der Waals surface area contributed by atoms with Crippen LogP contribution in [-0.4, -0.2) is 32.8 Å². The van der Waals surface area contributed by atoms with Crippen LogP contribution in [-0.2, 0) is 19.3 Å². The van der Waals surface area contributed by atoms with E-state index in [1.807, 2.05) is 13.8 Å². The van der Waals surface area contributed by atoms with Gasteiger partial charge in [-0.1, -0.05) is 39.0 Å². The zero-order valence-corrected chi connectivity index (χ0v) is 15.6. The van der Waals surface area contributed by atoms with Gasteiger partial charge in [-0.05, 0) is 20.3 Å². The SMILES string of the molecule is CCCCCCCCOS(=O)(=O)[O-].CCOCC.[Na+]. The Morgan fingerprint density at radius 1 is 0.895 bits per heavy atom. The van der Waals surface area contributed by atoms with Crippen LogP contribution in [0.2, 0.25) is 0 Å². The maximum Gasteiger partial charge on any atom is 1.00 e. The average Bonchev–Trinajstić information content (AvgIpc) is 2.28. The largest absolute Gasteiger partial charge is 1.00 e. The molecule has 0 atom stereocenters. The van der Waals surface area contributed by atoms with Crippen molar-refractivity contribution in [1.82, 2.24) is 0 Å². The molecule has 0 aromatic rings. The molecule has 0 aromatic heterocycles. The number of rotatable bonds is 10. The maximum absolute atomic E-state index is 9.99. The second kappa shape index (κ2) is 18.8. The van der Waals surface area contributed by atoms with Crippen LogP contribution >= 0.6 is 0 Å². The van der Waals surface area contributed by atoms with Gasteiger partial charge in [-0.15, -0.1) is 0 Å². The molecule has 0 unspecified atom stereocenters.